The molecule has 0 bridgehead atoms. The summed E-state index contributed by atoms with van der Waals surface area (Å²) >= 11 is 0. The lowest BCUT2D eigenvalue weighted by Gasteiger charge is -2.09. The highest BCUT2D eigenvalue weighted by Gasteiger charge is 2.18. The fourth-order valence-electron chi connectivity index (χ4n) is 1.46. The van der Waals surface area contributed by atoms with E-state index >= 15 is 0 Å². The van der Waals surface area contributed by atoms with Crippen LogP contribution in [0.15, 0.2) is 12.2 Å². The molecule has 1 amide bonds. The summed E-state index contributed by atoms with van der Waals surface area (Å²) in [6, 6.07) is 0. The maximum absolute atomic E-state index is 11.4. The lowest BCUT2D eigenvalue weighted by molar-refractivity contribution is -0.124. The highest BCUT2D eigenvalue weighted by atomic mass is 32.2. The second-order valence-corrected chi connectivity index (χ2v) is 5.39. The van der Waals surface area contributed by atoms with Gasteiger partial charge in [0, 0.05) is 12.5 Å². The molecule has 0 heterocycles. The molecule has 0 aromatic heterocycles. The van der Waals surface area contributed by atoms with Crippen LogP contribution in [0.1, 0.15) is 19.3 Å². The van der Waals surface area contributed by atoms with Crippen LogP contribution in [-0.4, -0.2) is 26.6 Å². The molecule has 0 aromatic rings. The zero-order chi connectivity index (χ0) is 11.3. The van der Waals surface area contributed by atoms with Crippen molar-refractivity contribution in [2.75, 3.05) is 12.3 Å². The standard InChI is InChI=1S/C9H16N2O3S/c10-15(13,14)7-3-6-11-9(12)8-4-1-2-5-8/h1-2,8H,3-7H2,(H,11,12)(H2,10,13,14). The summed E-state index contributed by atoms with van der Waals surface area (Å²) in [5, 5.41) is 7.52. The van der Waals surface area contributed by atoms with Gasteiger partial charge in [0.15, 0.2) is 0 Å². The number of carbonyl (C=O) groups excluding carboxylic acids is 1. The van der Waals surface area contributed by atoms with Crippen molar-refractivity contribution in [2.45, 2.75) is 19.3 Å². The Morgan fingerprint density at radius 3 is 2.53 bits per heavy atom. The lowest BCUT2D eigenvalue weighted by Crippen LogP contribution is -2.31. The minimum atomic E-state index is -3.40. The summed E-state index contributed by atoms with van der Waals surface area (Å²) in [6.07, 6.45) is 5.88. The van der Waals surface area contributed by atoms with Crippen LogP contribution in [0.25, 0.3) is 0 Å². The molecule has 0 spiro atoms. The van der Waals surface area contributed by atoms with E-state index in [2.05, 4.69) is 5.32 Å². The van der Waals surface area contributed by atoms with Crippen molar-refractivity contribution in [1.29, 1.82) is 0 Å². The first kappa shape index (κ1) is 12.2. The van der Waals surface area contributed by atoms with Crippen LogP contribution < -0.4 is 10.5 Å². The molecule has 15 heavy (non-hydrogen) atoms. The Bertz CT molecular complexity index is 340. The summed E-state index contributed by atoms with van der Waals surface area (Å²) in [5.74, 6) is -0.0650. The summed E-state index contributed by atoms with van der Waals surface area (Å²) < 4.78 is 21.2. The number of amides is 1. The van der Waals surface area contributed by atoms with Gasteiger partial charge in [-0.15, -0.1) is 0 Å². The molecule has 3 N–H and O–H groups in total. The van der Waals surface area contributed by atoms with Gasteiger partial charge in [-0.25, -0.2) is 13.6 Å². The first-order valence-corrected chi connectivity index (χ1v) is 6.64. The SMILES string of the molecule is NS(=O)(=O)CCCNC(=O)C1CC=CC1. The molecule has 0 fully saturated rings. The predicted octanol–water partition coefficient (Wildman–Crippen LogP) is -0.253. The quantitative estimate of drug-likeness (QED) is 0.506. The second kappa shape index (κ2) is 5.27. The van der Waals surface area contributed by atoms with Crippen LogP contribution in [0.2, 0.25) is 0 Å². The third kappa shape index (κ3) is 4.94. The largest absolute Gasteiger partial charge is 0.356 e. The molecule has 86 valence electrons. The molecule has 1 aliphatic rings. The molecule has 0 saturated carbocycles. The van der Waals surface area contributed by atoms with Crippen LogP contribution in [0.3, 0.4) is 0 Å². The van der Waals surface area contributed by atoms with Gasteiger partial charge in [-0.05, 0) is 19.3 Å². The summed E-state index contributed by atoms with van der Waals surface area (Å²) in [7, 11) is -3.40. The Hall–Kier alpha value is -0.880. The van der Waals surface area contributed by atoms with Crippen LogP contribution in [0, 0.1) is 5.92 Å². The zero-order valence-corrected chi connectivity index (χ0v) is 9.29. The van der Waals surface area contributed by atoms with Gasteiger partial charge in [-0.3, -0.25) is 4.79 Å². The van der Waals surface area contributed by atoms with Crippen LogP contribution >= 0.6 is 0 Å². The number of hydrogen-bond donors (Lipinski definition) is 2. The molecule has 0 atom stereocenters. The van der Waals surface area contributed by atoms with Crippen molar-refractivity contribution >= 4 is 15.9 Å². The third-order valence-corrected chi connectivity index (χ3v) is 3.14. The van der Waals surface area contributed by atoms with E-state index in [9.17, 15) is 13.2 Å². The van der Waals surface area contributed by atoms with Crippen molar-refractivity contribution in [3.63, 3.8) is 0 Å². The average molecular weight is 232 g/mol. The summed E-state index contributed by atoms with van der Waals surface area (Å²) in [4.78, 5) is 11.4. The normalized spacial score (nSPS) is 16.9. The van der Waals surface area contributed by atoms with Gasteiger partial charge < -0.3 is 5.32 Å². The predicted molar refractivity (Wildman–Crippen MR) is 57.5 cm³/mol. The molecule has 0 saturated heterocycles. The maximum atomic E-state index is 11.4. The number of primary sulfonamides is 1. The topological polar surface area (TPSA) is 89.3 Å². The van der Waals surface area contributed by atoms with Gasteiger partial charge in [0.05, 0.1) is 5.75 Å². The average Bonchev–Trinajstić information content (AvgIpc) is 2.63. The van der Waals surface area contributed by atoms with Crippen molar-refractivity contribution in [3.05, 3.63) is 12.2 Å². The Labute approximate surface area is 89.8 Å². The first-order valence-electron chi connectivity index (χ1n) is 4.92. The molecule has 0 radical (unpaired) electrons. The highest BCUT2D eigenvalue weighted by Crippen LogP contribution is 2.17. The van der Waals surface area contributed by atoms with Gasteiger partial charge in [-0.2, -0.15) is 0 Å². The van der Waals surface area contributed by atoms with Crippen LogP contribution in [0.4, 0.5) is 0 Å². The smallest absolute Gasteiger partial charge is 0.223 e. The van der Waals surface area contributed by atoms with Crippen LogP contribution in [0.5, 0.6) is 0 Å². The molecule has 1 rings (SSSR count). The summed E-state index contributed by atoms with van der Waals surface area (Å²) in [5.41, 5.74) is 0. The summed E-state index contributed by atoms with van der Waals surface area (Å²) in [6.45, 7) is 0.367. The van der Waals surface area contributed by atoms with Crippen LogP contribution in [-0.2, 0) is 14.8 Å². The molecule has 1 aliphatic carbocycles. The Kier molecular flexibility index (Phi) is 4.28. The lowest BCUT2D eigenvalue weighted by atomic mass is 10.1. The molecule has 0 aromatic carbocycles. The number of allylic oxidation sites excluding steroid dienone is 2. The fourth-order valence-corrected chi connectivity index (χ4v) is 2.01. The molecular weight excluding hydrogens is 216 g/mol. The first-order chi connectivity index (χ1) is 6.99. The van der Waals surface area contributed by atoms with Crippen molar-refractivity contribution < 1.29 is 13.2 Å². The highest BCUT2D eigenvalue weighted by molar-refractivity contribution is 7.89. The van der Waals surface area contributed by atoms with E-state index in [0.29, 0.717) is 13.0 Å². The molecule has 6 heteroatoms. The van der Waals surface area contributed by atoms with E-state index in [4.69, 9.17) is 5.14 Å². The van der Waals surface area contributed by atoms with Crippen molar-refractivity contribution in [2.24, 2.45) is 11.1 Å². The van der Waals surface area contributed by atoms with E-state index in [1.807, 2.05) is 12.2 Å². The van der Waals surface area contributed by atoms with Gasteiger partial charge in [0.25, 0.3) is 0 Å². The monoisotopic (exact) mass is 232 g/mol. The molecule has 5 nitrogen and oxygen atoms in total. The fraction of sp³-hybridized carbons (Fsp3) is 0.667. The minimum absolute atomic E-state index is 0.00517. The molecular formula is C9H16N2O3S. The van der Waals surface area contributed by atoms with Gasteiger partial charge in [0.2, 0.25) is 15.9 Å². The third-order valence-electron chi connectivity index (χ3n) is 2.28. The Morgan fingerprint density at radius 1 is 1.40 bits per heavy atom. The zero-order valence-electron chi connectivity index (χ0n) is 8.48. The Balaban J connectivity index is 2.12. The van der Waals surface area contributed by atoms with E-state index in [1.165, 1.54) is 0 Å². The van der Waals surface area contributed by atoms with E-state index in [0.717, 1.165) is 12.8 Å². The number of sulfonamides is 1. The van der Waals surface area contributed by atoms with E-state index in [-0.39, 0.29) is 17.6 Å². The molecule has 0 aliphatic heterocycles. The van der Waals surface area contributed by atoms with E-state index in [1.54, 1.807) is 0 Å². The van der Waals surface area contributed by atoms with Crippen molar-refractivity contribution in [3.8, 4) is 0 Å². The number of carbonyl (C=O) groups is 1. The number of nitrogens with two attached hydrogens (primary N) is 1. The van der Waals surface area contributed by atoms with Gasteiger partial charge in [-0.1, -0.05) is 12.2 Å². The number of hydrogen-bond acceptors (Lipinski definition) is 3. The number of nitrogens with one attached hydrogen (secondary N) is 1. The van der Waals surface area contributed by atoms with E-state index < -0.39 is 10.0 Å². The molecule has 0 unspecified atom stereocenters. The van der Waals surface area contributed by atoms with Gasteiger partial charge in [0.1, 0.15) is 0 Å². The van der Waals surface area contributed by atoms with Gasteiger partial charge >= 0.3 is 0 Å². The van der Waals surface area contributed by atoms with Crippen molar-refractivity contribution in [1.82, 2.24) is 5.32 Å². The Morgan fingerprint density at radius 2 is 2.00 bits per heavy atom. The minimum Gasteiger partial charge on any atom is -0.356 e. The maximum Gasteiger partial charge on any atom is 0.223 e. The second-order valence-electron chi connectivity index (χ2n) is 3.65. The number of rotatable bonds is 5.